The number of phosphoric ester groups is 1. The number of ether oxygens (including phenoxy) is 1. The topological polar surface area (TPSA) is 119 Å². The molecule has 0 aromatic rings. The quantitative estimate of drug-likeness (QED) is 0.0693. The average molecular weight is 552 g/mol. The second-order valence-corrected chi connectivity index (χ2v) is 13.2. The molecule has 0 rings (SSSR count). The van der Waals surface area contributed by atoms with Gasteiger partial charge in [-0.1, -0.05) is 90.9 Å². The van der Waals surface area contributed by atoms with Crippen molar-refractivity contribution in [3.8, 4) is 0 Å². The number of rotatable bonds is 25. The van der Waals surface area contributed by atoms with Gasteiger partial charge in [0.1, 0.15) is 12.1 Å². The Kier molecular flexibility index (Phi) is 19.3. The van der Waals surface area contributed by atoms with Crippen LogP contribution in [0, 0.1) is 5.92 Å². The van der Waals surface area contributed by atoms with Gasteiger partial charge in [-0.15, -0.1) is 0 Å². The summed E-state index contributed by atoms with van der Waals surface area (Å²) in [6.07, 6.45) is 15.6. The first-order valence-electron chi connectivity index (χ1n) is 14.7. The molecule has 0 aliphatic carbocycles. The highest BCUT2D eigenvalue weighted by Gasteiger charge is 2.49. The van der Waals surface area contributed by atoms with Crippen LogP contribution in [0.2, 0.25) is 0 Å². The van der Waals surface area contributed by atoms with E-state index < -0.39 is 25.2 Å². The third kappa shape index (κ3) is 20.1. The second kappa shape index (κ2) is 19.5. The Balaban J connectivity index is 5.46. The fraction of sp³-hybridized carbons (Fsp3) is 0.964. The number of hydrogen-bond acceptors (Lipinski definition) is 4. The first kappa shape index (κ1) is 36.5. The molecule has 0 aliphatic heterocycles. The monoisotopic (exact) mass is 551 g/mol. The van der Waals surface area contributed by atoms with Crippen molar-refractivity contribution in [2.75, 3.05) is 34.3 Å². The molecule has 3 atom stereocenters. The van der Waals surface area contributed by atoms with Crippen molar-refractivity contribution in [3.05, 3.63) is 0 Å². The minimum Gasteiger partial charge on any atom is -0.378 e. The molecule has 0 radical (unpaired) electrons. The molecule has 8 nitrogen and oxygen atoms in total. The van der Waals surface area contributed by atoms with Crippen LogP contribution >= 0.6 is 7.82 Å². The molecule has 37 heavy (non-hydrogen) atoms. The number of amides is 1. The lowest BCUT2D eigenvalue weighted by Crippen LogP contribution is -2.56. The van der Waals surface area contributed by atoms with E-state index in [2.05, 4.69) is 13.8 Å². The molecule has 0 spiro atoms. The van der Waals surface area contributed by atoms with Crippen LogP contribution in [-0.2, 0) is 18.6 Å². The van der Waals surface area contributed by atoms with Gasteiger partial charge in [-0.3, -0.25) is 9.32 Å². The first-order chi connectivity index (χ1) is 17.2. The molecule has 0 saturated heterocycles. The lowest BCUT2D eigenvalue weighted by Gasteiger charge is -2.44. The number of nitrogens with zero attached hydrogens (tertiary/aromatic N) is 1. The summed E-state index contributed by atoms with van der Waals surface area (Å²) in [7, 11) is 1.05. The van der Waals surface area contributed by atoms with Gasteiger partial charge >= 0.3 is 7.82 Å². The molecule has 0 heterocycles. The minimum absolute atomic E-state index is 0.0263. The smallest absolute Gasteiger partial charge is 0.378 e. The van der Waals surface area contributed by atoms with Gasteiger partial charge in [0.2, 0.25) is 5.91 Å². The van der Waals surface area contributed by atoms with Crippen LogP contribution in [0.3, 0.4) is 0 Å². The molecule has 4 N–H and O–H groups in total. The summed E-state index contributed by atoms with van der Waals surface area (Å²) < 4.78 is 24.5. The average Bonchev–Trinajstić information content (AvgIpc) is 2.74. The molecular weight excluding hydrogens is 491 g/mol. The van der Waals surface area contributed by atoms with E-state index in [1.165, 1.54) is 38.5 Å². The number of nitrogens with two attached hydrogens (primary N) is 1. The molecule has 0 aliphatic rings. The van der Waals surface area contributed by atoms with E-state index >= 15 is 0 Å². The maximum atomic E-state index is 12.3. The van der Waals surface area contributed by atoms with Gasteiger partial charge < -0.3 is 24.7 Å². The lowest BCUT2D eigenvalue weighted by atomic mass is 9.77. The van der Waals surface area contributed by atoms with Crippen molar-refractivity contribution in [3.63, 3.8) is 0 Å². The van der Waals surface area contributed by atoms with Crippen LogP contribution in [0.5, 0.6) is 0 Å². The van der Waals surface area contributed by atoms with Gasteiger partial charge in [0, 0.05) is 25.4 Å². The highest BCUT2D eigenvalue weighted by molar-refractivity contribution is 7.46. The molecule has 0 aromatic carbocycles. The lowest BCUT2D eigenvalue weighted by molar-refractivity contribution is -0.877. The zero-order chi connectivity index (χ0) is 28.4. The molecule has 0 fully saturated rings. The number of carbonyl (C=O) groups excluding carboxylic acids is 1. The molecule has 0 bridgehead atoms. The highest BCUT2D eigenvalue weighted by Crippen LogP contribution is 2.49. The summed E-state index contributed by atoms with van der Waals surface area (Å²) >= 11 is 0. The SMILES string of the molecule is CCCCCCCCCCOC(C)CC(C[N+](C)(C)C)(OP(=O)(O)O)C(CCCCCCC)CC(N)=O. The summed E-state index contributed by atoms with van der Waals surface area (Å²) in [4.78, 5) is 32.0. The van der Waals surface area contributed by atoms with Crippen LogP contribution in [-0.4, -0.2) is 66.2 Å². The zero-order valence-electron chi connectivity index (χ0n) is 24.9. The molecule has 3 unspecified atom stereocenters. The van der Waals surface area contributed by atoms with Crippen molar-refractivity contribution < 1.29 is 32.9 Å². The van der Waals surface area contributed by atoms with Crippen molar-refractivity contribution in [2.45, 2.75) is 135 Å². The summed E-state index contributed by atoms with van der Waals surface area (Å²) in [5, 5.41) is 0. The first-order valence-corrected chi connectivity index (χ1v) is 16.2. The third-order valence-corrected chi connectivity index (χ3v) is 7.53. The largest absolute Gasteiger partial charge is 0.470 e. The Bertz CT molecular complexity index is 637. The van der Waals surface area contributed by atoms with E-state index in [0.29, 0.717) is 24.1 Å². The number of unbranched alkanes of at least 4 members (excludes halogenated alkanes) is 11. The Labute approximate surface area is 227 Å². The number of likely N-dealkylation sites (N-methyl/N-ethyl adjacent to an activating group) is 1. The summed E-state index contributed by atoms with van der Waals surface area (Å²) in [6, 6.07) is 0. The van der Waals surface area contributed by atoms with E-state index in [0.717, 1.165) is 44.9 Å². The minimum atomic E-state index is -4.85. The number of phosphoric acid groups is 1. The van der Waals surface area contributed by atoms with Crippen LogP contribution in [0.1, 0.15) is 124 Å². The molecule has 9 heteroatoms. The van der Waals surface area contributed by atoms with Crippen LogP contribution in [0.15, 0.2) is 0 Å². The Morgan fingerprint density at radius 3 is 1.84 bits per heavy atom. The summed E-state index contributed by atoms with van der Waals surface area (Å²) in [5.41, 5.74) is 4.40. The molecule has 0 saturated carbocycles. The van der Waals surface area contributed by atoms with E-state index in [1.807, 2.05) is 28.1 Å². The van der Waals surface area contributed by atoms with Crippen molar-refractivity contribution in [1.82, 2.24) is 0 Å². The van der Waals surface area contributed by atoms with Gasteiger partial charge in [-0.05, 0) is 19.8 Å². The fourth-order valence-electron chi connectivity index (χ4n) is 5.39. The number of quaternary nitrogens is 1. The predicted molar refractivity (Wildman–Crippen MR) is 152 cm³/mol. The van der Waals surface area contributed by atoms with Gasteiger partial charge in [0.05, 0.1) is 27.2 Å². The summed E-state index contributed by atoms with van der Waals surface area (Å²) in [6.45, 7) is 7.24. The maximum absolute atomic E-state index is 12.3. The van der Waals surface area contributed by atoms with Crippen LogP contribution in [0.25, 0.3) is 0 Å². The molecule has 222 valence electrons. The van der Waals surface area contributed by atoms with Gasteiger partial charge in [-0.25, -0.2) is 4.57 Å². The van der Waals surface area contributed by atoms with E-state index in [4.69, 9.17) is 15.0 Å². The molecule has 0 aromatic heterocycles. The predicted octanol–water partition coefficient (Wildman–Crippen LogP) is 6.33. The number of carbonyl (C=O) groups is 1. The van der Waals surface area contributed by atoms with Crippen molar-refractivity contribution in [2.24, 2.45) is 11.7 Å². The van der Waals surface area contributed by atoms with E-state index in [9.17, 15) is 19.1 Å². The number of hydrogen-bond donors (Lipinski definition) is 3. The fourth-order valence-corrected chi connectivity index (χ4v) is 6.15. The molecular formula is C28H60N2O6P+. The van der Waals surface area contributed by atoms with Crippen LogP contribution in [0.4, 0.5) is 0 Å². The summed E-state index contributed by atoms with van der Waals surface area (Å²) in [5.74, 6) is -0.892. The van der Waals surface area contributed by atoms with E-state index in [1.54, 1.807) is 0 Å². The Morgan fingerprint density at radius 1 is 0.892 bits per heavy atom. The Hall–Kier alpha value is -0.500. The molecule has 1 amide bonds. The Morgan fingerprint density at radius 2 is 1.38 bits per heavy atom. The van der Waals surface area contributed by atoms with Crippen molar-refractivity contribution >= 4 is 13.7 Å². The van der Waals surface area contributed by atoms with Crippen molar-refractivity contribution in [1.29, 1.82) is 0 Å². The van der Waals surface area contributed by atoms with E-state index in [-0.39, 0.29) is 18.9 Å². The zero-order valence-corrected chi connectivity index (χ0v) is 25.8. The van der Waals surface area contributed by atoms with Crippen LogP contribution < -0.4 is 5.73 Å². The third-order valence-electron chi connectivity index (χ3n) is 6.92. The maximum Gasteiger partial charge on any atom is 0.470 e. The normalized spacial score (nSPS) is 15.9. The van der Waals surface area contributed by atoms with Gasteiger partial charge in [0.25, 0.3) is 0 Å². The van der Waals surface area contributed by atoms with Gasteiger partial charge in [0.15, 0.2) is 0 Å². The second-order valence-electron chi connectivity index (χ2n) is 12.0. The van der Waals surface area contributed by atoms with Gasteiger partial charge in [-0.2, -0.15) is 0 Å². The highest BCUT2D eigenvalue weighted by atomic mass is 31.2. The standard InChI is InChI=1S/C28H59N2O6P/c1-7-9-11-13-14-15-17-19-21-35-25(3)23-28(24-30(4,5)6,36-37(32,33)34)26(22-27(29)31)20-18-16-12-10-8-2/h25-26H,7-24H2,1-6H3,(H3-,29,31,32,33,34)/p+1. The number of primary amides is 1.